The van der Waals surface area contributed by atoms with Crippen molar-refractivity contribution in [2.45, 2.75) is 18.9 Å². The summed E-state index contributed by atoms with van der Waals surface area (Å²) in [6.45, 7) is 5.03. The highest BCUT2D eigenvalue weighted by molar-refractivity contribution is 5.86. The van der Waals surface area contributed by atoms with Crippen molar-refractivity contribution in [3.05, 3.63) is 42.1 Å². The maximum Gasteiger partial charge on any atom is 0.111 e. The summed E-state index contributed by atoms with van der Waals surface area (Å²) in [5.41, 5.74) is 5.82. The van der Waals surface area contributed by atoms with E-state index in [0.717, 1.165) is 50.4 Å². The third kappa shape index (κ3) is 2.22. The Balaban J connectivity index is 1.75. The minimum absolute atomic E-state index is 0.543. The summed E-state index contributed by atoms with van der Waals surface area (Å²) in [7, 11) is 0. The summed E-state index contributed by atoms with van der Waals surface area (Å²) >= 11 is 0. The minimum Gasteiger partial charge on any atom is -0.327 e. The van der Waals surface area contributed by atoms with E-state index in [1.165, 1.54) is 22.4 Å². The summed E-state index contributed by atoms with van der Waals surface area (Å²) < 4.78 is 2.38. The fourth-order valence-corrected chi connectivity index (χ4v) is 3.67. The number of nitrogens with one attached hydrogen (secondary N) is 2. The fraction of sp³-hybridized carbons (Fsp3) is 0.389. The molecule has 1 saturated heterocycles. The Morgan fingerprint density at radius 1 is 1.08 bits per heavy atom. The number of benzene rings is 1. The van der Waals surface area contributed by atoms with Gasteiger partial charge in [-0.1, -0.05) is 0 Å². The number of hydrogen-bond donors (Lipinski definition) is 2. The molecule has 3 aromatic rings. The van der Waals surface area contributed by atoms with Gasteiger partial charge in [-0.3, -0.25) is 9.97 Å². The van der Waals surface area contributed by atoms with E-state index in [2.05, 4.69) is 37.3 Å². The topological polar surface area (TPSA) is 67.7 Å². The second-order valence-corrected chi connectivity index (χ2v) is 6.56. The maximum atomic E-state index is 5.01. The summed E-state index contributed by atoms with van der Waals surface area (Å²) in [5.74, 6) is 1.74. The van der Waals surface area contributed by atoms with E-state index in [4.69, 9.17) is 4.98 Å². The van der Waals surface area contributed by atoms with Crippen LogP contribution in [0, 0.1) is 0 Å². The van der Waals surface area contributed by atoms with Crippen molar-refractivity contribution >= 4 is 11.0 Å². The smallest absolute Gasteiger partial charge is 0.111 e. The van der Waals surface area contributed by atoms with E-state index in [-0.39, 0.29) is 0 Å². The molecule has 0 radical (unpaired) electrons. The number of aromatic nitrogens is 4. The zero-order valence-electron chi connectivity index (χ0n) is 13.5. The van der Waals surface area contributed by atoms with Gasteiger partial charge in [0, 0.05) is 63.0 Å². The number of rotatable bonds is 2. The van der Waals surface area contributed by atoms with Crippen molar-refractivity contribution in [1.29, 1.82) is 0 Å². The van der Waals surface area contributed by atoms with Crippen molar-refractivity contribution in [3.8, 4) is 11.3 Å². The maximum absolute atomic E-state index is 5.01. The van der Waals surface area contributed by atoms with Crippen molar-refractivity contribution < 1.29 is 0 Å². The molecule has 5 rings (SSSR count). The molecular formula is C18H20N6. The van der Waals surface area contributed by atoms with E-state index in [9.17, 15) is 0 Å². The van der Waals surface area contributed by atoms with Crippen LogP contribution in [0.15, 0.2) is 30.7 Å². The van der Waals surface area contributed by atoms with E-state index in [0.29, 0.717) is 5.92 Å². The van der Waals surface area contributed by atoms with Crippen LogP contribution >= 0.6 is 0 Å². The predicted octanol–water partition coefficient (Wildman–Crippen LogP) is 1.33. The Morgan fingerprint density at radius 2 is 2.04 bits per heavy atom. The molecule has 0 bridgehead atoms. The highest BCUT2D eigenvalue weighted by atomic mass is 15.1. The zero-order chi connectivity index (χ0) is 15.9. The van der Waals surface area contributed by atoms with Gasteiger partial charge in [-0.05, 0) is 17.7 Å². The average Bonchev–Trinajstić information content (AvgIpc) is 2.76. The van der Waals surface area contributed by atoms with Crippen LogP contribution in [0.4, 0.5) is 0 Å². The molecule has 4 heterocycles. The van der Waals surface area contributed by atoms with E-state index >= 15 is 0 Å². The molecule has 2 aliphatic rings. The van der Waals surface area contributed by atoms with Gasteiger partial charge >= 0.3 is 0 Å². The van der Waals surface area contributed by atoms with E-state index < -0.39 is 0 Å². The van der Waals surface area contributed by atoms with Crippen LogP contribution < -0.4 is 10.6 Å². The fourth-order valence-electron chi connectivity index (χ4n) is 3.67. The summed E-state index contributed by atoms with van der Waals surface area (Å²) in [6, 6.07) is 4.50. The Morgan fingerprint density at radius 3 is 2.83 bits per heavy atom. The molecule has 6 nitrogen and oxygen atoms in total. The number of fused-ring (bicyclic) bond motifs is 3. The van der Waals surface area contributed by atoms with Gasteiger partial charge in [0.2, 0.25) is 0 Å². The molecule has 6 heteroatoms. The molecule has 2 aromatic heterocycles. The lowest BCUT2D eigenvalue weighted by molar-refractivity contribution is 0.450. The van der Waals surface area contributed by atoms with E-state index in [1.807, 2.05) is 6.20 Å². The molecule has 0 spiro atoms. The van der Waals surface area contributed by atoms with Gasteiger partial charge in [0.25, 0.3) is 0 Å². The highest BCUT2D eigenvalue weighted by Gasteiger charge is 2.25. The normalized spacial score (nSPS) is 18.2. The van der Waals surface area contributed by atoms with Gasteiger partial charge in [-0.2, -0.15) is 0 Å². The molecule has 2 N–H and O–H groups in total. The number of hydrogen-bond acceptors (Lipinski definition) is 5. The molecule has 0 aliphatic carbocycles. The van der Waals surface area contributed by atoms with Gasteiger partial charge in [0.05, 0.1) is 22.9 Å². The molecule has 0 atom stereocenters. The van der Waals surface area contributed by atoms with Crippen molar-refractivity contribution in [1.82, 2.24) is 30.2 Å². The Kier molecular flexibility index (Phi) is 3.31. The van der Waals surface area contributed by atoms with Crippen LogP contribution in [-0.2, 0) is 13.0 Å². The third-order valence-electron chi connectivity index (χ3n) is 5.08. The van der Waals surface area contributed by atoms with Crippen molar-refractivity contribution in [3.63, 3.8) is 0 Å². The number of imidazole rings is 1. The van der Waals surface area contributed by atoms with Gasteiger partial charge in [-0.25, -0.2) is 4.98 Å². The lowest BCUT2D eigenvalue weighted by Gasteiger charge is -2.28. The second-order valence-electron chi connectivity index (χ2n) is 6.56. The Hall–Kier alpha value is -2.31. The molecular weight excluding hydrogens is 300 g/mol. The quantitative estimate of drug-likeness (QED) is 0.745. The lowest BCUT2D eigenvalue weighted by atomic mass is 9.90. The van der Waals surface area contributed by atoms with Gasteiger partial charge in [-0.15, -0.1) is 0 Å². The minimum atomic E-state index is 0.543. The summed E-state index contributed by atoms with van der Waals surface area (Å²) in [6.07, 6.45) is 6.29. The van der Waals surface area contributed by atoms with Gasteiger partial charge in [0.1, 0.15) is 5.82 Å². The first-order chi connectivity index (χ1) is 11.9. The van der Waals surface area contributed by atoms with Crippen LogP contribution in [0.1, 0.15) is 17.3 Å². The van der Waals surface area contributed by atoms with Crippen LogP contribution in [0.25, 0.3) is 22.3 Å². The molecule has 2 aliphatic heterocycles. The third-order valence-corrected chi connectivity index (χ3v) is 5.08. The van der Waals surface area contributed by atoms with E-state index in [1.54, 1.807) is 12.4 Å². The first kappa shape index (κ1) is 14.1. The van der Waals surface area contributed by atoms with Crippen molar-refractivity contribution in [2.75, 3.05) is 26.2 Å². The molecule has 0 unspecified atom stereocenters. The number of nitrogens with zero attached hydrogens (tertiary/aromatic N) is 4. The predicted molar refractivity (Wildman–Crippen MR) is 92.9 cm³/mol. The van der Waals surface area contributed by atoms with Gasteiger partial charge in [0.15, 0.2) is 0 Å². The standard InChI is InChI=1S/C18H20N6/c1-2-19-5-6-24-16-8-12(15-11-20-3-4-22-15)7-14(13-9-21-10-13)18(16)23-17(1)24/h3-4,7-8,11,13,19,21H,1-2,5-6,9-10H2. The van der Waals surface area contributed by atoms with Crippen LogP contribution in [0.2, 0.25) is 0 Å². The summed E-state index contributed by atoms with van der Waals surface area (Å²) in [5, 5.41) is 6.84. The molecule has 0 amide bonds. The van der Waals surface area contributed by atoms with Crippen molar-refractivity contribution in [2.24, 2.45) is 0 Å². The van der Waals surface area contributed by atoms with Crippen LogP contribution in [0.5, 0.6) is 0 Å². The Labute approximate surface area is 140 Å². The largest absolute Gasteiger partial charge is 0.327 e. The van der Waals surface area contributed by atoms with Gasteiger partial charge < -0.3 is 15.2 Å². The monoisotopic (exact) mass is 320 g/mol. The average molecular weight is 320 g/mol. The first-order valence-electron chi connectivity index (χ1n) is 8.61. The Bertz CT molecular complexity index is 881. The lowest BCUT2D eigenvalue weighted by Crippen LogP contribution is -2.40. The molecule has 122 valence electrons. The summed E-state index contributed by atoms with van der Waals surface area (Å²) in [4.78, 5) is 13.7. The van der Waals surface area contributed by atoms with Crippen LogP contribution in [-0.4, -0.2) is 45.7 Å². The molecule has 24 heavy (non-hydrogen) atoms. The molecule has 1 aromatic carbocycles. The zero-order valence-corrected chi connectivity index (χ0v) is 13.5. The molecule has 0 saturated carbocycles. The molecule has 1 fully saturated rings. The van der Waals surface area contributed by atoms with Crippen LogP contribution in [0.3, 0.4) is 0 Å². The first-order valence-corrected chi connectivity index (χ1v) is 8.61. The second kappa shape index (κ2) is 5.65. The SMILES string of the molecule is c1cnc(-c2cc(C3CNC3)c3nc4n(c3c2)CCNCC4)cn1. The highest BCUT2D eigenvalue weighted by Crippen LogP contribution is 2.33.